The zero-order chi connectivity index (χ0) is 16.2. The first-order valence-electron chi connectivity index (χ1n) is 7.47. The van der Waals surface area contributed by atoms with Gasteiger partial charge in [0, 0.05) is 11.6 Å². The number of rotatable bonds is 5. The molecule has 0 saturated heterocycles. The second-order valence-electron chi connectivity index (χ2n) is 5.47. The Morgan fingerprint density at radius 3 is 2.70 bits per heavy atom. The highest BCUT2D eigenvalue weighted by Crippen LogP contribution is 2.18. The van der Waals surface area contributed by atoms with Crippen molar-refractivity contribution < 1.29 is 0 Å². The molecule has 3 rings (SSSR count). The number of hydrogen-bond acceptors (Lipinski definition) is 4. The van der Waals surface area contributed by atoms with E-state index in [1.165, 1.54) is 0 Å². The lowest BCUT2D eigenvalue weighted by molar-refractivity contribution is 0.532. The van der Waals surface area contributed by atoms with E-state index in [4.69, 9.17) is 11.6 Å². The van der Waals surface area contributed by atoms with Crippen LogP contribution < -0.4 is 5.32 Å². The summed E-state index contributed by atoms with van der Waals surface area (Å²) < 4.78 is 1.75. The number of tetrazole rings is 1. The molecule has 0 fully saturated rings. The number of nitrogens with zero attached hydrogens (tertiary/aromatic N) is 4. The molecule has 3 aromatic rings. The number of aryl methyl sites for hydroxylation is 1. The second kappa shape index (κ2) is 6.89. The average Bonchev–Trinajstić information content (AvgIpc) is 3.06. The molecule has 0 amide bonds. The van der Waals surface area contributed by atoms with Crippen LogP contribution in [0.5, 0.6) is 0 Å². The van der Waals surface area contributed by atoms with Gasteiger partial charge in [0.05, 0.1) is 11.7 Å². The van der Waals surface area contributed by atoms with Crippen LogP contribution in [0.25, 0.3) is 5.69 Å². The van der Waals surface area contributed by atoms with Gasteiger partial charge >= 0.3 is 0 Å². The van der Waals surface area contributed by atoms with Gasteiger partial charge in [-0.05, 0) is 53.6 Å². The molecule has 23 heavy (non-hydrogen) atoms. The monoisotopic (exact) mass is 327 g/mol. The number of aromatic nitrogens is 4. The summed E-state index contributed by atoms with van der Waals surface area (Å²) in [4.78, 5) is 0. The standard InChI is InChI=1S/C17H18ClN5/c1-12-8-9-14(10-16(12)18)11-19-13(2)17-20-21-22-23(17)15-6-4-3-5-7-15/h3-10,13,19H,11H2,1-2H3. The third kappa shape index (κ3) is 3.57. The summed E-state index contributed by atoms with van der Waals surface area (Å²) in [5.41, 5.74) is 3.15. The van der Waals surface area contributed by atoms with Gasteiger partial charge in [0.25, 0.3) is 0 Å². The van der Waals surface area contributed by atoms with E-state index < -0.39 is 0 Å². The molecule has 1 aromatic heterocycles. The largest absolute Gasteiger partial charge is 0.303 e. The second-order valence-corrected chi connectivity index (χ2v) is 5.88. The highest BCUT2D eigenvalue weighted by atomic mass is 35.5. The fourth-order valence-electron chi connectivity index (χ4n) is 2.33. The summed E-state index contributed by atoms with van der Waals surface area (Å²) in [6, 6.07) is 15.9. The van der Waals surface area contributed by atoms with Gasteiger partial charge in [-0.1, -0.05) is 41.9 Å². The van der Waals surface area contributed by atoms with Crippen molar-refractivity contribution >= 4 is 11.6 Å². The van der Waals surface area contributed by atoms with Crippen LogP contribution in [0.2, 0.25) is 5.02 Å². The Morgan fingerprint density at radius 1 is 1.17 bits per heavy atom. The van der Waals surface area contributed by atoms with Crippen molar-refractivity contribution in [2.24, 2.45) is 0 Å². The van der Waals surface area contributed by atoms with Crippen molar-refractivity contribution in [1.29, 1.82) is 0 Å². The van der Waals surface area contributed by atoms with Crippen LogP contribution in [0.15, 0.2) is 48.5 Å². The van der Waals surface area contributed by atoms with Crippen molar-refractivity contribution in [3.8, 4) is 5.69 Å². The Labute approximate surface area is 140 Å². The summed E-state index contributed by atoms with van der Waals surface area (Å²) in [6.45, 7) is 4.74. The number of nitrogens with one attached hydrogen (secondary N) is 1. The first kappa shape index (κ1) is 15.6. The molecule has 1 unspecified atom stereocenters. The van der Waals surface area contributed by atoms with E-state index >= 15 is 0 Å². The van der Waals surface area contributed by atoms with Crippen LogP contribution >= 0.6 is 11.6 Å². The van der Waals surface area contributed by atoms with E-state index in [2.05, 4.69) is 26.9 Å². The molecule has 0 aliphatic rings. The summed E-state index contributed by atoms with van der Waals surface area (Å²) >= 11 is 6.17. The Morgan fingerprint density at radius 2 is 1.96 bits per heavy atom. The molecule has 6 heteroatoms. The minimum absolute atomic E-state index is 0.00489. The van der Waals surface area contributed by atoms with Crippen LogP contribution in [-0.2, 0) is 6.54 Å². The summed E-state index contributed by atoms with van der Waals surface area (Å²) in [7, 11) is 0. The molecular formula is C17H18ClN5. The molecule has 0 bridgehead atoms. The van der Waals surface area contributed by atoms with E-state index in [0.717, 1.165) is 27.7 Å². The maximum Gasteiger partial charge on any atom is 0.173 e. The Hall–Kier alpha value is -2.24. The average molecular weight is 328 g/mol. The maximum atomic E-state index is 6.17. The summed E-state index contributed by atoms with van der Waals surface area (Å²) in [5, 5.41) is 16.3. The summed E-state index contributed by atoms with van der Waals surface area (Å²) in [5.74, 6) is 0.773. The molecule has 1 heterocycles. The lowest BCUT2D eigenvalue weighted by Crippen LogP contribution is -2.21. The molecule has 2 aromatic carbocycles. The normalized spacial score (nSPS) is 12.3. The third-order valence-electron chi connectivity index (χ3n) is 3.73. The highest BCUT2D eigenvalue weighted by Gasteiger charge is 2.15. The zero-order valence-electron chi connectivity index (χ0n) is 13.1. The minimum atomic E-state index is 0.00489. The molecule has 0 radical (unpaired) electrons. The maximum absolute atomic E-state index is 6.17. The predicted molar refractivity (Wildman–Crippen MR) is 90.6 cm³/mol. The smallest absolute Gasteiger partial charge is 0.173 e. The van der Waals surface area contributed by atoms with Crippen LogP contribution in [0.3, 0.4) is 0 Å². The topological polar surface area (TPSA) is 55.6 Å². The van der Waals surface area contributed by atoms with Crippen molar-refractivity contribution in [1.82, 2.24) is 25.5 Å². The van der Waals surface area contributed by atoms with Gasteiger partial charge in [0.1, 0.15) is 0 Å². The number of halogens is 1. The first-order chi connectivity index (χ1) is 11.1. The van der Waals surface area contributed by atoms with E-state index in [0.29, 0.717) is 6.54 Å². The molecule has 0 aliphatic carbocycles. The molecule has 1 N–H and O–H groups in total. The molecule has 0 aliphatic heterocycles. The van der Waals surface area contributed by atoms with Gasteiger partial charge in [-0.15, -0.1) is 5.10 Å². The molecule has 5 nitrogen and oxygen atoms in total. The van der Waals surface area contributed by atoms with Crippen LogP contribution in [-0.4, -0.2) is 20.2 Å². The van der Waals surface area contributed by atoms with Crippen molar-refractivity contribution in [2.75, 3.05) is 0 Å². The third-order valence-corrected chi connectivity index (χ3v) is 4.14. The fraction of sp³-hybridized carbons (Fsp3) is 0.235. The Kier molecular flexibility index (Phi) is 4.69. The van der Waals surface area contributed by atoms with E-state index in [-0.39, 0.29) is 6.04 Å². The summed E-state index contributed by atoms with van der Waals surface area (Å²) in [6.07, 6.45) is 0. The lowest BCUT2D eigenvalue weighted by atomic mass is 10.1. The lowest BCUT2D eigenvalue weighted by Gasteiger charge is -2.14. The number of benzene rings is 2. The molecule has 1 atom stereocenters. The van der Waals surface area contributed by atoms with Crippen molar-refractivity contribution in [2.45, 2.75) is 26.4 Å². The number of hydrogen-bond donors (Lipinski definition) is 1. The zero-order valence-corrected chi connectivity index (χ0v) is 13.8. The quantitative estimate of drug-likeness (QED) is 0.779. The van der Waals surface area contributed by atoms with Gasteiger partial charge in [-0.25, -0.2) is 0 Å². The number of para-hydroxylation sites is 1. The Balaban J connectivity index is 1.73. The van der Waals surface area contributed by atoms with Gasteiger partial charge in [0.15, 0.2) is 5.82 Å². The van der Waals surface area contributed by atoms with Crippen LogP contribution in [0.1, 0.15) is 29.9 Å². The predicted octanol–water partition coefficient (Wildman–Crippen LogP) is 3.47. The van der Waals surface area contributed by atoms with Crippen molar-refractivity contribution in [3.05, 3.63) is 70.5 Å². The molecule has 118 valence electrons. The highest BCUT2D eigenvalue weighted by molar-refractivity contribution is 6.31. The first-order valence-corrected chi connectivity index (χ1v) is 7.85. The van der Waals surface area contributed by atoms with Crippen LogP contribution in [0.4, 0.5) is 0 Å². The van der Waals surface area contributed by atoms with Gasteiger partial charge in [0.2, 0.25) is 0 Å². The van der Waals surface area contributed by atoms with Gasteiger partial charge in [-0.2, -0.15) is 4.68 Å². The minimum Gasteiger partial charge on any atom is -0.303 e. The Bertz CT molecular complexity index is 785. The van der Waals surface area contributed by atoms with E-state index in [1.807, 2.05) is 56.3 Å². The van der Waals surface area contributed by atoms with E-state index in [1.54, 1.807) is 4.68 Å². The van der Waals surface area contributed by atoms with Crippen molar-refractivity contribution in [3.63, 3.8) is 0 Å². The molecule has 0 saturated carbocycles. The SMILES string of the molecule is Cc1ccc(CNC(C)c2nnnn2-c2ccccc2)cc1Cl. The van der Waals surface area contributed by atoms with E-state index in [9.17, 15) is 0 Å². The van der Waals surface area contributed by atoms with Gasteiger partial charge < -0.3 is 5.32 Å². The van der Waals surface area contributed by atoms with Crippen LogP contribution in [0, 0.1) is 6.92 Å². The molecule has 0 spiro atoms. The van der Waals surface area contributed by atoms with Gasteiger partial charge in [-0.3, -0.25) is 0 Å². The molecular weight excluding hydrogens is 310 g/mol. The fourth-order valence-corrected chi connectivity index (χ4v) is 2.53.